The van der Waals surface area contributed by atoms with Gasteiger partial charge >= 0.3 is 0 Å². The van der Waals surface area contributed by atoms with Crippen LogP contribution in [0.2, 0.25) is 0 Å². The van der Waals surface area contributed by atoms with Gasteiger partial charge in [0.15, 0.2) is 0 Å². The zero-order chi connectivity index (χ0) is 11.1. The van der Waals surface area contributed by atoms with Gasteiger partial charge in [0.25, 0.3) is 0 Å². The summed E-state index contributed by atoms with van der Waals surface area (Å²) in [5.41, 5.74) is 1.81. The van der Waals surface area contributed by atoms with Crippen molar-refractivity contribution in [3.05, 3.63) is 29.6 Å². The van der Waals surface area contributed by atoms with E-state index in [1.165, 1.54) is 0 Å². The molecule has 1 aromatic rings. The van der Waals surface area contributed by atoms with Crippen molar-refractivity contribution in [2.24, 2.45) is 0 Å². The average Bonchev–Trinajstić information content (AvgIpc) is 2.97. The lowest BCUT2D eigenvalue weighted by molar-refractivity contribution is 0.409. The van der Waals surface area contributed by atoms with Crippen molar-refractivity contribution < 1.29 is 4.39 Å². The summed E-state index contributed by atoms with van der Waals surface area (Å²) in [5, 5.41) is 0. The van der Waals surface area contributed by atoms with Gasteiger partial charge in [-0.15, -0.1) is 0 Å². The van der Waals surface area contributed by atoms with Gasteiger partial charge in [-0.2, -0.15) is 0 Å². The monoisotopic (exact) mass is 207 g/mol. The number of hydrogen-bond acceptors (Lipinski definition) is 1. The second-order valence-corrected chi connectivity index (χ2v) is 5.57. The first-order valence-electron chi connectivity index (χ1n) is 5.52. The molecule has 15 heavy (non-hydrogen) atoms. The Morgan fingerprint density at radius 2 is 2.00 bits per heavy atom. The quantitative estimate of drug-likeness (QED) is 0.724. The van der Waals surface area contributed by atoms with Crippen molar-refractivity contribution in [3.8, 4) is 0 Å². The maximum Gasteiger partial charge on any atom is 0.101 e. The van der Waals surface area contributed by atoms with Gasteiger partial charge in [0.05, 0.1) is 0 Å². The molecule has 1 aliphatic carbocycles. The molecule has 0 saturated heterocycles. The molecule has 1 aliphatic rings. The van der Waals surface area contributed by atoms with Crippen LogP contribution >= 0.6 is 0 Å². The SMILES string of the molecule is CC(C)(C)c1cccc(C2(CF)CC2)n1. The fraction of sp³-hybridized carbons (Fsp3) is 0.615. The third kappa shape index (κ3) is 1.90. The van der Waals surface area contributed by atoms with E-state index in [2.05, 4.69) is 25.8 Å². The summed E-state index contributed by atoms with van der Waals surface area (Å²) < 4.78 is 12.9. The van der Waals surface area contributed by atoms with Crippen molar-refractivity contribution in [1.29, 1.82) is 0 Å². The second-order valence-electron chi connectivity index (χ2n) is 5.57. The van der Waals surface area contributed by atoms with E-state index in [1.54, 1.807) is 0 Å². The van der Waals surface area contributed by atoms with Crippen molar-refractivity contribution in [3.63, 3.8) is 0 Å². The fourth-order valence-corrected chi connectivity index (χ4v) is 1.76. The predicted molar refractivity (Wildman–Crippen MR) is 59.8 cm³/mol. The number of hydrogen-bond donors (Lipinski definition) is 0. The fourth-order valence-electron chi connectivity index (χ4n) is 1.76. The van der Waals surface area contributed by atoms with Crippen LogP contribution in [0, 0.1) is 0 Å². The van der Waals surface area contributed by atoms with Crippen LogP contribution in [-0.2, 0) is 10.8 Å². The number of rotatable bonds is 2. The van der Waals surface area contributed by atoms with Crippen LogP contribution in [0.15, 0.2) is 18.2 Å². The second kappa shape index (κ2) is 3.29. The minimum absolute atomic E-state index is 0.0441. The molecule has 82 valence electrons. The largest absolute Gasteiger partial charge is 0.257 e. The van der Waals surface area contributed by atoms with Crippen LogP contribution < -0.4 is 0 Å². The Hall–Kier alpha value is -0.920. The minimum Gasteiger partial charge on any atom is -0.257 e. The maximum atomic E-state index is 12.9. The molecule has 2 rings (SSSR count). The highest BCUT2D eigenvalue weighted by molar-refractivity contribution is 5.28. The molecule has 1 heterocycles. The summed E-state index contributed by atoms with van der Waals surface area (Å²) in [4.78, 5) is 4.61. The topological polar surface area (TPSA) is 12.9 Å². The predicted octanol–water partition coefficient (Wildman–Crippen LogP) is 3.38. The number of aromatic nitrogens is 1. The summed E-state index contributed by atoms with van der Waals surface area (Å²) >= 11 is 0. The highest BCUT2D eigenvalue weighted by atomic mass is 19.1. The summed E-state index contributed by atoms with van der Waals surface area (Å²) in [6, 6.07) is 5.98. The van der Waals surface area contributed by atoms with Crippen molar-refractivity contribution >= 4 is 0 Å². The normalized spacial score (nSPS) is 18.9. The van der Waals surface area contributed by atoms with Gasteiger partial charge < -0.3 is 0 Å². The Kier molecular flexibility index (Phi) is 2.32. The maximum absolute atomic E-state index is 12.9. The molecular formula is C13H18FN. The van der Waals surface area contributed by atoms with Crippen LogP contribution in [0.25, 0.3) is 0 Å². The van der Waals surface area contributed by atoms with Crippen LogP contribution in [0.3, 0.4) is 0 Å². The molecule has 1 nitrogen and oxygen atoms in total. The van der Waals surface area contributed by atoms with Gasteiger partial charge in [0.1, 0.15) is 6.67 Å². The lowest BCUT2D eigenvalue weighted by Gasteiger charge is -2.20. The first-order chi connectivity index (χ1) is 6.98. The van der Waals surface area contributed by atoms with Crippen molar-refractivity contribution in [2.75, 3.05) is 6.67 Å². The molecule has 0 aliphatic heterocycles. The summed E-state index contributed by atoms with van der Waals surface area (Å²) in [6.07, 6.45) is 1.90. The molecule has 0 N–H and O–H groups in total. The van der Waals surface area contributed by atoms with E-state index in [1.807, 2.05) is 18.2 Å². The van der Waals surface area contributed by atoms with E-state index in [-0.39, 0.29) is 17.5 Å². The lowest BCUT2D eigenvalue weighted by Crippen LogP contribution is -2.18. The Labute approximate surface area is 90.7 Å². The number of nitrogens with zero attached hydrogens (tertiary/aromatic N) is 1. The van der Waals surface area contributed by atoms with E-state index in [4.69, 9.17) is 0 Å². The molecule has 0 amide bonds. The third-order valence-electron chi connectivity index (χ3n) is 3.17. The Morgan fingerprint density at radius 1 is 1.33 bits per heavy atom. The Morgan fingerprint density at radius 3 is 2.47 bits per heavy atom. The smallest absolute Gasteiger partial charge is 0.101 e. The van der Waals surface area contributed by atoms with Crippen LogP contribution in [-0.4, -0.2) is 11.7 Å². The van der Waals surface area contributed by atoms with Gasteiger partial charge in [0, 0.05) is 22.2 Å². The van der Waals surface area contributed by atoms with Crippen molar-refractivity contribution in [1.82, 2.24) is 4.98 Å². The molecule has 0 bridgehead atoms. The van der Waals surface area contributed by atoms with E-state index >= 15 is 0 Å². The molecular weight excluding hydrogens is 189 g/mol. The zero-order valence-electron chi connectivity index (χ0n) is 9.68. The third-order valence-corrected chi connectivity index (χ3v) is 3.17. The number of pyridine rings is 1. The molecule has 1 fully saturated rings. The molecule has 0 radical (unpaired) electrons. The number of halogens is 1. The van der Waals surface area contributed by atoms with Gasteiger partial charge in [-0.05, 0) is 25.0 Å². The molecule has 1 aromatic heterocycles. The molecule has 0 aromatic carbocycles. The van der Waals surface area contributed by atoms with Gasteiger partial charge in [-0.3, -0.25) is 9.37 Å². The van der Waals surface area contributed by atoms with E-state index in [9.17, 15) is 4.39 Å². The van der Waals surface area contributed by atoms with Gasteiger partial charge in [-0.1, -0.05) is 26.8 Å². The zero-order valence-corrected chi connectivity index (χ0v) is 9.68. The highest BCUT2D eigenvalue weighted by Crippen LogP contribution is 2.47. The van der Waals surface area contributed by atoms with E-state index in [0.717, 1.165) is 24.2 Å². The van der Waals surface area contributed by atoms with Crippen molar-refractivity contribution in [2.45, 2.75) is 44.4 Å². The number of alkyl halides is 1. The molecule has 1 saturated carbocycles. The first kappa shape index (κ1) is 10.6. The lowest BCUT2D eigenvalue weighted by atomic mass is 9.90. The first-order valence-corrected chi connectivity index (χ1v) is 5.52. The minimum atomic E-state index is -0.270. The average molecular weight is 207 g/mol. The Bertz CT molecular complexity index is 361. The summed E-state index contributed by atoms with van der Waals surface area (Å²) in [6.45, 7) is 6.13. The molecule has 0 spiro atoms. The highest BCUT2D eigenvalue weighted by Gasteiger charge is 2.46. The summed E-state index contributed by atoms with van der Waals surface area (Å²) in [5.74, 6) is 0. The molecule has 0 unspecified atom stereocenters. The van der Waals surface area contributed by atoms with Gasteiger partial charge in [0.2, 0.25) is 0 Å². The standard InChI is InChI=1S/C13H18FN/c1-12(2,3)10-5-4-6-11(15-10)13(9-14)7-8-13/h4-6H,7-9H2,1-3H3. The van der Waals surface area contributed by atoms with E-state index < -0.39 is 0 Å². The van der Waals surface area contributed by atoms with Gasteiger partial charge in [-0.25, -0.2) is 0 Å². The molecule has 2 heteroatoms. The molecule has 0 atom stereocenters. The van der Waals surface area contributed by atoms with Crippen LogP contribution in [0.1, 0.15) is 45.0 Å². The Balaban J connectivity index is 2.35. The van der Waals surface area contributed by atoms with E-state index in [0.29, 0.717) is 0 Å². The summed E-state index contributed by atoms with van der Waals surface area (Å²) in [7, 11) is 0. The van der Waals surface area contributed by atoms with Crippen LogP contribution in [0.4, 0.5) is 4.39 Å². The van der Waals surface area contributed by atoms with Crippen LogP contribution in [0.5, 0.6) is 0 Å².